The maximum atomic E-state index is 13.8. The molecule has 0 radical (unpaired) electrons. The van der Waals surface area contributed by atoms with Gasteiger partial charge in [-0.3, -0.25) is 4.79 Å². The molecule has 144 valence electrons. The Hall–Kier alpha value is -1.96. The zero-order valence-electron chi connectivity index (χ0n) is 15.9. The zero-order chi connectivity index (χ0) is 18.7. The van der Waals surface area contributed by atoms with Crippen LogP contribution in [0.1, 0.15) is 25.7 Å². The fraction of sp³-hybridized carbons (Fsp3) is 0.722. The summed E-state index contributed by atoms with van der Waals surface area (Å²) in [7, 11) is 5.22. The first-order valence-electron chi connectivity index (χ1n) is 9.16. The lowest BCUT2D eigenvalue weighted by Crippen LogP contribution is -2.42. The van der Waals surface area contributed by atoms with Gasteiger partial charge in [-0.25, -0.2) is 9.37 Å². The van der Waals surface area contributed by atoms with Gasteiger partial charge in [0.15, 0.2) is 11.6 Å². The molecule has 3 heterocycles. The quantitative estimate of drug-likeness (QED) is 0.713. The molecule has 1 spiro atoms. The Morgan fingerprint density at radius 2 is 2.08 bits per heavy atom. The van der Waals surface area contributed by atoms with Gasteiger partial charge in [0.1, 0.15) is 0 Å². The molecule has 1 amide bonds. The smallest absolute Gasteiger partial charge is 0.227 e. The van der Waals surface area contributed by atoms with Crippen LogP contribution in [-0.2, 0) is 9.53 Å². The van der Waals surface area contributed by atoms with Crippen LogP contribution in [0, 0.1) is 11.2 Å². The number of piperidine rings is 1. The maximum Gasteiger partial charge on any atom is 0.227 e. The summed E-state index contributed by atoms with van der Waals surface area (Å²) in [5, 5.41) is 0. The third-order valence-corrected chi connectivity index (χ3v) is 5.43. The average Bonchev–Trinajstić information content (AvgIpc) is 2.91. The molecule has 0 atom stereocenters. The van der Waals surface area contributed by atoms with Gasteiger partial charge in [0.05, 0.1) is 6.20 Å². The second-order valence-corrected chi connectivity index (χ2v) is 7.56. The number of amides is 1. The maximum absolute atomic E-state index is 13.8. The van der Waals surface area contributed by atoms with Gasteiger partial charge in [-0.15, -0.1) is 0 Å². The monoisotopic (exact) mass is 365 g/mol. The van der Waals surface area contributed by atoms with Crippen molar-refractivity contribution in [2.45, 2.75) is 25.7 Å². The molecule has 2 fully saturated rings. The van der Waals surface area contributed by atoms with E-state index in [9.17, 15) is 9.18 Å². The first-order chi connectivity index (χ1) is 12.4. The number of halogens is 1. The first-order valence-corrected chi connectivity index (χ1v) is 9.16. The number of nitrogens with zero attached hydrogens (tertiary/aromatic N) is 5. The highest BCUT2D eigenvalue weighted by atomic mass is 19.1. The molecule has 0 saturated carbocycles. The van der Waals surface area contributed by atoms with E-state index in [1.54, 1.807) is 26.1 Å². The molecule has 0 bridgehead atoms. The summed E-state index contributed by atoms with van der Waals surface area (Å²) in [6.07, 6.45) is 4.59. The molecule has 7 nitrogen and oxygen atoms in total. The van der Waals surface area contributed by atoms with E-state index >= 15 is 0 Å². The molecule has 0 aromatic carbocycles. The molecule has 0 unspecified atom stereocenters. The molecule has 1 aromatic rings. The number of carbonyl (C=O) groups excluding carboxylic acids is 1. The van der Waals surface area contributed by atoms with Gasteiger partial charge >= 0.3 is 0 Å². The summed E-state index contributed by atoms with van der Waals surface area (Å²) in [6.45, 7) is 3.86. The third kappa shape index (κ3) is 3.90. The van der Waals surface area contributed by atoms with Crippen molar-refractivity contribution in [2.75, 3.05) is 63.8 Å². The minimum absolute atomic E-state index is 0.0606. The van der Waals surface area contributed by atoms with Crippen LogP contribution in [0.4, 0.5) is 16.2 Å². The highest BCUT2D eigenvalue weighted by molar-refractivity contribution is 5.79. The van der Waals surface area contributed by atoms with Gasteiger partial charge in [-0.05, 0) is 19.3 Å². The SMILES string of the molecule is COCCCN1CC2(CCN(c3ncc(F)c(N(C)C)n3)CC2)CC1=O. The lowest BCUT2D eigenvalue weighted by Gasteiger charge is -2.39. The summed E-state index contributed by atoms with van der Waals surface area (Å²) in [4.78, 5) is 26.6. The summed E-state index contributed by atoms with van der Waals surface area (Å²) in [6, 6.07) is 0. The second kappa shape index (κ2) is 7.73. The number of anilines is 2. The van der Waals surface area contributed by atoms with E-state index < -0.39 is 5.82 Å². The van der Waals surface area contributed by atoms with E-state index in [0.29, 0.717) is 24.8 Å². The van der Waals surface area contributed by atoms with Gasteiger partial charge in [-0.1, -0.05) is 0 Å². The van der Waals surface area contributed by atoms with E-state index in [4.69, 9.17) is 4.74 Å². The highest BCUT2D eigenvalue weighted by Gasteiger charge is 2.44. The van der Waals surface area contributed by atoms with Crippen molar-refractivity contribution < 1.29 is 13.9 Å². The number of rotatable bonds is 6. The Morgan fingerprint density at radius 3 is 2.73 bits per heavy atom. The van der Waals surface area contributed by atoms with Gasteiger partial charge in [-0.2, -0.15) is 4.98 Å². The van der Waals surface area contributed by atoms with Gasteiger partial charge in [0, 0.05) is 65.8 Å². The van der Waals surface area contributed by atoms with Gasteiger partial charge < -0.3 is 19.4 Å². The van der Waals surface area contributed by atoms with Crippen LogP contribution in [-0.4, -0.2) is 74.8 Å². The summed E-state index contributed by atoms with van der Waals surface area (Å²) in [5.41, 5.74) is 0.0606. The van der Waals surface area contributed by atoms with E-state index in [2.05, 4.69) is 14.9 Å². The predicted octanol–water partition coefficient (Wildman–Crippen LogP) is 1.54. The van der Waals surface area contributed by atoms with Crippen LogP contribution >= 0.6 is 0 Å². The second-order valence-electron chi connectivity index (χ2n) is 7.56. The van der Waals surface area contributed by atoms with E-state index in [0.717, 1.165) is 45.4 Å². The molecule has 2 aliphatic heterocycles. The van der Waals surface area contributed by atoms with Crippen LogP contribution in [0.2, 0.25) is 0 Å². The molecule has 1 aromatic heterocycles. The van der Waals surface area contributed by atoms with Gasteiger partial charge in [0.25, 0.3) is 0 Å². The lowest BCUT2D eigenvalue weighted by molar-refractivity contribution is -0.128. The fourth-order valence-corrected chi connectivity index (χ4v) is 3.92. The standard InChI is InChI=1S/C18H28FN5O2/c1-22(2)16-14(19)12-20-17(21-16)23-8-5-18(6-9-23)11-15(25)24(13-18)7-4-10-26-3/h12H,4-11,13H2,1-3H3. The minimum Gasteiger partial charge on any atom is -0.385 e. The number of ether oxygens (including phenoxy) is 1. The first kappa shape index (κ1) is 18.8. The van der Waals surface area contributed by atoms with Crippen molar-refractivity contribution in [3.63, 3.8) is 0 Å². The third-order valence-electron chi connectivity index (χ3n) is 5.43. The van der Waals surface area contributed by atoms with Crippen molar-refractivity contribution >= 4 is 17.7 Å². The molecule has 0 aliphatic carbocycles. The average molecular weight is 365 g/mol. The normalized spacial score (nSPS) is 19.5. The Labute approximate surface area is 154 Å². The molecule has 3 rings (SSSR count). The van der Waals surface area contributed by atoms with E-state index in [1.807, 2.05) is 4.90 Å². The Bertz CT molecular complexity index is 646. The number of likely N-dealkylation sites (tertiary alicyclic amines) is 1. The highest BCUT2D eigenvalue weighted by Crippen LogP contribution is 2.41. The molecule has 8 heteroatoms. The Morgan fingerprint density at radius 1 is 1.35 bits per heavy atom. The molecular weight excluding hydrogens is 337 g/mol. The number of carbonyl (C=O) groups is 1. The van der Waals surface area contributed by atoms with Crippen LogP contribution in [0.15, 0.2) is 6.20 Å². The molecule has 26 heavy (non-hydrogen) atoms. The van der Waals surface area contributed by atoms with Crippen LogP contribution < -0.4 is 9.80 Å². The molecule has 2 aliphatic rings. The van der Waals surface area contributed by atoms with Crippen molar-refractivity contribution in [1.82, 2.24) is 14.9 Å². The van der Waals surface area contributed by atoms with Gasteiger partial charge in [0.2, 0.25) is 11.9 Å². The van der Waals surface area contributed by atoms with Crippen LogP contribution in [0.25, 0.3) is 0 Å². The van der Waals surface area contributed by atoms with Crippen molar-refractivity contribution in [3.8, 4) is 0 Å². The largest absolute Gasteiger partial charge is 0.385 e. The Kier molecular flexibility index (Phi) is 5.60. The minimum atomic E-state index is -0.416. The van der Waals surface area contributed by atoms with E-state index in [-0.39, 0.29) is 11.3 Å². The fourth-order valence-electron chi connectivity index (χ4n) is 3.92. The summed E-state index contributed by atoms with van der Waals surface area (Å²) >= 11 is 0. The number of hydrogen-bond donors (Lipinski definition) is 0. The summed E-state index contributed by atoms with van der Waals surface area (Å²) < 4.78 is 18.9. The van der Waals surface area contributed by atoms with E-state index in [1.165, 1.54) is 6.20 Å². The zero-order valence-corrected chi connectivity index (χ0v) is 15.9. The topological polar surface area (TPSA) is 61.8 Å². The van der Waals surface area contributed by atoms with Crippen molar-refractivity contribution in [3.05, 3.63) is 12.0 Å². The predicted molar refractivity (Wildman–Crippen MR) is 97.9 cm³/mol. The number of aromatic nitrogens is 2. The van der Waals surface area contributed by atoms with Crippen molar-refractivity contribution in [1.29, 1.82) is 0 Å². The van der Waals surface area contributed by atoms with Crippen LogP contribution in [0.3, 0.4) is 0 Å². The number of hydrogen-bond acceptors (Lipinski definition) is 6. The lowest BCUT2D eigenvalue weighted by atomic mass is 9.77. The van der Waals surface area contributed by atoms with Crippen molar-refractivity contribution in [2.24, 2.45) is 5.41 Å². The number of methoxy groups -OCH3 is 1. The van der Waals surface area contributed by atoms with Crippen LogP contribution in [0.5, 0.6) is 0 Å². The Balaban J connectivity index is 1.61. The molecule has 0 N–H and O–H groups in total. The molecule has 2 saturated heterocycles. The molecular formula is C18H28FN5O2. The summed E-state index contributed by atoms with van der Waals surface area (Å²) in [5.74, 6) is 0.699.